The summed E-state index contributed by atoms with van der Waals surface area (Å²) in [7, 11) is 0. The first-order chi connectivity index (χ1) is 6.22. The van der Waals surface area contributed by atoms with Gasteiger partial charge >= 0.3 is 0 Å². The minimum Gasteiger partial charge on any atom is -0.399 e. The standard InChI is InChI=1S/C10H12N2O/c1-2-12-6-7-5-8(11)3-4-9(7)10(12)13/h3-5H,2,6,11H2,1H3. The van der Waals surface area contributed by atoms with Crippen LogP contribution in [0.15, 0.2) is 18.2 Å². The fraction of sp³-hybridized carbons (Fsp3) is 0.300. The number of amides is 1. The fourth-order valence-corrected chi connectivity index (χ4v) is 1.66. The number of nitrogen functional groups attached to an aromatic ring is 1. The molecule has 1 amide bonds. The Labute approximate surface area is 77.1 Å². The van der Waals surface area contributed by atoms with Crippen LogP contribution in [0.1, 0.15) is 22.8 Å². The molecular formula is C10H12N2O. The number of carbonyl (C=O) groups is 1. The normalized spacial score (nSPS) is 14.8. The summed E-state index contributed by atoms with van der Waals surface area (Å²) in [4.78, 5) is 13.4. The molecule has 2 N–H and O–H groups in total. The summed E-state index contributed by atoms with van der Waals surface area (Å²) in [6.07, 6.45) is 0. The largest absolute Gasteiger partial charge is 0.399 e. The van der Waals surface area contributed by atoms with Crippen molar-refractivity contribution in [3.8, 4) is 0 Å². The Morgan fingerprint density at radius 3 is 3.00 bits per heavy atom. The van der Waals surface area contributed by atoms with E-state index in [4.69, 9.17) is 5.73 Å². The quantitative estimate of drug-likeness (QED) is 0.654. The Kier molecular flexibility index (Phi) is 1.72. The van der Waals surface area contributed by atoms with E-state index in [0.29, 0.717) is 6.54 Å². The van der Waals surface area contributed by atoms with Gasteiger partial charge in [0.2, 0.25) is 0 Å². The highest BCUT2D eigenvalue weighted by molar-refractivity contribution is 5.98. The number of nitrogens with two attached hydrogens (primary N) is 1. The van der Waals surface area contributed by atoms with Crippen LogP contribution in [0, 0.1) is 0 Å². The molecule has 1 aromatic rings. The summed E-state index contributed by atoms with van der Waals surface area (Å²) in [5, 5.41) is 0. The lowest BCUT2D eigenvalue weighted by Crippen LogP contribution is -2.22. The molecular weight excluding hydrogens is 164 g/mol. The molecule has 3 nitrogen and oxygen atoms in total. The number of rotatable bonds is 1. The Hall–Kier alpha value is -1.51. The molecule has 1 aliphatic rings. The lowest BCUT2D eigenvalue weighted by molar-refractivity contribution is 0.0787. The maximum Gasteiger partial charge on any atom is 0.254 e. The van der Waals surface area contributed by atoms with E-state index in [0.717, 1.165) is 23.4 Å². The van der Waals surface area contributed by atoms with Crippen molar-refractivity contribution in [2.24, 2.45) is 0 Å². The molecule has 0 spiro atoms. The molecule has 0 unspecified atom stereocenters. The van der Waals surface area contributed by atoms with E-state index in [2.05, 4.69) is 0 Å². The van der Waals surface area contributed by atoms with Crippen LogP contribution in [-0.2, 0) is 6.54 Å². The highest BCUT2D eigenvalue weighted by Gasteiger charge is 2.25. The molecule has 0 bridgehead atoms. The van der Waals surface area contributed by atoms with Crippen LogP contribution in [-0.4, -0.2) is 17.4 Å². The molecule has 1 aromatic carbocycles. The molecule has 0 atom stereocenters. The van der Waals surface area contributed by atoms with E-state index < -0.39 is 0 Å². The number of carbonyl (C=O) groups excluding carboxylic acids is 1. The zero-order valence-corrected chi connectivity index (χ0v) is 7.58. The van der Waals surface area contributed by atoms with Crippen molar-refractivity contribution >= 4 is 11.6 Å². The summed E-state index contributed by atoms with van der Waals surface area (Å²) >= 11 is 0. The molecule has 1 heterocycles. The SMILES string of the molecule is CCN1Cc2cc(N)ccc2C1=O. The number of anilines is 1. The predicted octanol–water partition coefficient (Wildman–Crippen LogP) is 1.24. The van der Waals surface area contributed by atoms with E-state index in [9.17, 15) is 4.79 Å². The first-order valence-corrected chi connectivity index (χ1v) is 4.40. The second-order valence-corrected chi connectivity index (χ2v) is 3.24. The van der Waals surface area contributed by atoms with Gasteiger partial charge in [0, 0.05) is 24.3 Å². The monoisotopic (exact) mass is 176 g/mol. The van der Waals surface area contributed by atoms with Crippen molar-refractivity contribution in [2.75, 3.05) is 12.3 Å². The van der Waals surface area contributed by atoms with Crippen molar-refractivity contribution in [3.05, 3.63) is 29.3 Å². The molecule has 0 saturated heterocycles. The van der Waals surface area contributed by atoms with Crippen LogP contribution in [0.2, 0.25) is 0 Å². The molecule has 0 radical (unpaired) electrons. The molecule has 0 aromatic heterocycles. The van der Waals surface area contributed by atoms with Gasteiger partial charge in [0.1, 0.15) is 0 Å². The van der Waals surface area contributed by atoms with Gasteiger partial charge in [-0.3, -0.25) is 4.79 Å². The molecule has 2 rings (SSSR count). The number of hydrogen-bond acceptors (Lipinski definition) is 2. The molecule has 0 aliphatic carbocycles. The zero-order valence-electron chi connectivity index (χ0n) is 7.58. The summed E-state index contributed by atoms with van der Waals surface area (Å²) in [5.74, 6) is 0.123. The molecule has 13 heavy (non-hydrogen) atoms. The van der Waals surface area contributed by atoms with Gasteiger partial charge in [-0.15, -0.1) is 0 Å². The van der Waals surface area contributed by atoms with Gasteiger partial charge in [0.25, 0.3) is 5.91 Å². The lowest BCUT2D eigenvalue weighted by atomic mass is 10.1. The second-order valence-electron chi connectivity index (χ2n) is 3.24. The topological polar surface area (TPSA) is 46.3 Å². The summed E-state index contributed by atoms with van der Waals surface area (Å²) in [6, 6.07) is 5.46. The molecule has 1 aliphatic heterocycles. The number of benzene rings is 1. The number of nitrogens with zero attached hydrogens (tertiary/aromatic N) is 1. The first-order valence-electron chi connectivity index (χ1n) is 4.40. The zero-order chi connectivity index (χ0) is 9.42. The van der Waals surface area contributed by atoms with Gasteiger partial charge in [-0.2, -0.15) is 0 Å². The Morgan fingerprint density at radius 1 is 1.54 bits per heavy atom. The predicted molar refractivity (Wildman–Crippen MR) is 51.3 cm³/mol. The van der Waals surface area contributed by atoms with Crippen LogP contribution < -0.4 is 5.73 Å². The average molecular weight is 176 g/mol. The summed E-state index contributed by atoms with van der Waals surface area (Å²) in [5.41, 5.74) is 8.21. The van der Waals surface area contributed by atoms with E-state index >= 15 is 0 Å². The van der Waals surface area contributed by atoms with E-state index in [-0.39, 0.29) is 5.91 Å². The summed E-state index contributed by atoms with van der Waals surface area (Å²) in [6.45, 7) is 3.44. The first kappa shape index (κ1) is 8.10. The highest BCUT2D eigenvalue weighted by Crippen LogP contribution is 2.23. The third-order valence-corrected chi connectivity index (χ3v) is 2.39. The highest BCUT2D eigenvalue weighted by atomic mass is 16.2. The molecule has 0 saturated carbocycles. The van der Waals surface area contributed by atoms with Crippen molar-refractivity contribution in [1.29, 1.82) is 0 Å². The average Bonchev–Trinajstić information content (AvgIpc) is 2.42. The third kappa shape index (κ3) is 1.16. The van der Waals surface area contributed by atoms with Crippen LogP contribution in [0.5, 0.6) is 0 Å². The molecule has 0 fully saturated rings. The second kappa shape index (κ2) is 2.76. The minimum absolute atomic E-state index is 0.123. The van der Waals surface area contributed by atoms with Gasteiger partial charge in [0.15, 0.2) is 0 Å². The maximum atomic E-state index is 11.6. The van der Waals surface area contributed by atoms with E-state index in [1.54, 1.807) is 6.07 Å². The third-order valence-electron chi connectivity index (χ3n) is 2.39. The van der Waals surface area contributed by atoms with Crippen LogP contribution in [0.3, 0.4) is 0 Å². The van der Waals surface area contributed by atoms with Crippen molar-refractivity contribution in [1.82, 2.24) is 4.90 Å². The van der Waals surface area contributed by atoms with Gasteiger partial charge in [-0.25, -0.2) is 0 Å². The van der Waals surface area contributed by atoms with Crippen molar-refractivity contribution < 1.29 is 4.79 Å². The minimum atomic E-state index is 0.123. The lowest BCUT2D eigenvalue weighted by Gasteiger charge is -2.10. The van der Waals surface area contributed by atoms with Gasteiger partial charge in [-0.1, -0.05) is 0 Å². The smallest absolute Gasteiger partial charge is 0.254 e. The Morgan fingerprint density at radius 2 is 2.31 bits per heavy atom. The van der Waals surface area contributed by atoms with E-state index in [1.807, 2.05) is 24.0 Å². The van der Waals surface area contributed by atoms with Crippen LogP contribution in [0.25, 0.3) is 0 Å². The van der Waals surface area contributed by atoms with Gasteiger partial charge < -0.3 is 10.6 Å². The van der Waals surface area contributed by atoms with Crippen LogP contribution in [0.4, 0.5) is 5.69 Å². The number of fused-ring (bicyclic) bond motifs is 1. The Balaban J connectivity index is 2.44. The van der Waals surface area contributed by atoms with Crippen molar-refractivity contribution in [3.63, 3.8) is 0 Å². The van der Waals surface area contributed by atoms with Crippen LogP contribution >= 0.6 is 0 Å². The fourth-order valence-electron chi connectivity index (χ4n) is 1.66. The van der Waals surface area contributed by atoms with Crippen molar-refractivity contribution in [2.45, 2.75) is 13.5 Å². The Bertz CT molecular complexity index is 360. The molecule has 3 heteroatoms. The summed E-state index contributed by atoms with van der Waals surface area (Å²) < 4.78 is 0. The maximum absolute atomic E-state index is 11.6. The van der Waals surface area contributed by atoms with E-state index in [1.165, 1.54) is 0 Å². The molecule has 68 valence electrons. The van der Waals surface area contributed by atoms with Gasteiger partial charge in [0.05, 0.1) is 0 Å². The van der Waals surface area contributed by atoms with Gasteiger partial charge in [-0.05, 0) is 30.7 Å². The number of hydrogen-bond donors (Lipinski definition) is 1.